The smallest absolute Gasteiger partial charge is 0.338 e. The average Bonchev–Trinajstić information content (AvgIpc) is 3.11. The summed E-state index contributed by atoms with van der Waals surface area (Å²) in [5, 5.41) is 12.1. The first-order chi connectivity index (χ1) is 19.3. The second-order valence-corrected chi connectivity index (χ2v) is 12.3. The number of carbonyl (C=O) groups excluding carboxylic acids is 3. The molecule has 0 aromatic heterocycles. The number of ether oxygens (including phenoxy) is 4. The summed E-state index contributed by atoms with van der Waals surface area (Å²) in [4.78, 5) is 39.0. The Kier molecular flexibility index (Phi) is 7.37. The van der Waals surface area contributed by atoms with Crippen LogP contribution in [-0.2, 0) is 28.5 Å². The van der Waals surface area contributed by atoms with Gasteiger partial charge in [-0.2, -0.15) is 0 Å². The van der Waals surface area contributed by atoms with Gasteiger partial charge >= 0.3 is 17.9 Å². The van der Waals surface area contributed by atoms with Crippen molar-refractivity contribution in [2.24, 2.45) is 11.3 Å². The van der Waals surface area contributed by atoms with Gasteiger partial charge in [0, 0.05) is 18.9 Å². The van der Waals surface area contributed by atoms with Gasteiger partial charge in [0.05, 0.1) is 22.2 Å². The zero-order valence-corrected chi connectivity index (χ0v) is 24.2. The van der Waals surface area contributed by atoms with E-state index in [1.165, 1.54) is 13.0 Å². The molecule has 1 saturated heterocycles. The van der Waals surface area contributed by atoms with Gasteiger partial charge in [0.25, 0.3) is 0 Å². The average molecular weight is 563 g/mol. The number of rotatable bonds is 6. The minimum Gasteiger partial charge on any atom is -0.459 e. The van der Waals surface area contributed by atoms with E-state index in [2.05, 4.69) is 0 Å². The van der Waals surface area contributed by atoms with Gasteiger partial charge < -0.3 is 24.1 Å². The third-order valence-corrected chi connectivity index (χ3v) is 9.40. The van der Waals surface area contributed by atoms with Crippen LogP contribution in [-0.4, -0.2) is 58.1 Å². The Morgan fingerprint density at radius 2 is 1.54 bits per heavy atom. The summed E-state index contributed by atoms with van der Waals surface area (Å²) in [6.07, 6.45) is 1.31. The second kappa shape index (κ2) is 10.4. The molecule has 1 heterocycles. The van der Waals surface area contributed by atoms with E-state index in [9.17, 15) is 19.5 Å². The van der Waals surface area contributed by atoms with Gasteiger partial charge in [-0.25, -0.2) is 9.59 Å². The van der Waals surface area contributed by atoms with E-state index in [-0.39, 0.29) is 19.3 Å². The summed E-state index contributed by atoms with van der Waals surface area (Å²) in [6, 6.07) is 18.0. The number of aliphatic hydroxyl groups is 1. The van der Waals surface area contributed by atoms with Crippen molar-refractivity contribution in [2.75, 3.05) is 0 Å². The molecule has 218 valence electrons. The van der Waals surface area contributed by atoms with E-state index >= 15 is 0 Å². The Hall–Kier alpha value is -3.49. The van der Waals surface area contributed by atoms with Gasteiger partial charge in [-0.05, 0) is 70.7 Å². The molecule has 3 fully saturated rings. The number of esters is 3. The van der Waals surface area contributed by atoms with Crippen LogP contribution in [0.25, 0.3) is 6.08 Å². The molecule has 41 heavy (non-hydrogen) atoms. The van der Waals surface area contributed by atoms with Gasteiger partial charge in [-0.3, -0.25) is 4.79 Å². The van der Waals surface area contributed by atoms with Crippen molar-refractivity contribution < 1.29 is 38.4 Å². The minimum absolute atomic E-state index is 0.211. The van der Waals surface area contributed by atoms with Gasteiger partial charge in [-0.1, -0.05) is 48.5 Å². The first kappa shape index (κ1) is 29.0. The van der Waals surface area contributed by atoms with Crippen LogP contribution in [0, 0.1) is 11.3 Å². The number of carbonyl (C=O) groups is 3. The van der Waals surface area contributed by atoms with Crippen molar-refractivity contribution in [3.63, 3.8) is 0 Å². The van der Waals surface area contributed by atoms with E-state index in [1.54, 1.807) is 37.3 Å². The zero-order valence-electron chi connectivity index (χ0n) is 24.2. The van der Waals surface area contributed by atoms with Crippen LogP contribution in [0.2, 0.25) is 0 Å². The summed E-state index contributed by atoms with van der Waals surface area (Å²) in [7, 11) is 0. The van der Waals surface area contributed by atoms with Gasteiger partial charge in [0.15, 0.2) is 0 Å². The van der Waals surface area contributed by atoms with Crippen LogP contribution in [0.4, 0.5) is 0 Å². The molecule has 2 aliphatic carbocycles. The molecular formula is C33H38O8. The molecule has 1 aliphatic heterocycles. The first-order valence-electron chi connectivity index (χ1n) is 14.1. The van der Waals surface area contributed by atoms with Crippen molar-refractivity contribution in [3.05, 3.63) is 77.9 Å². The molecule has 2 bridgehead atoms. The maximum absolute atomic E-state index is 13.4. The molecule has 5 rings (SSSR count). The molecular weight excluding hydrogens is 524 g/mol. The summed E-state index contributed by atoms with van der Waals surface area (Å²) in [5.74, 6) is -2.02. The van der Waals surface area contributed by atoms with Crippen LogP contribution in [0.1, 0.15) is 69.8 Å². The molecule has 2 aromatic rings. The summed E-state index contributed by atoms with van der Waals surface area (Å²) < 4.78 is 25.1. The highest BCUT2D eigenvalue weighted by Gasteiger charge is 2.82. The third-order valence-electron chi connectivity index (χ3n) is 9.40. The Bertz CT molecular complexity index is 1330. The number of hydrogen-bond donors (Lipinski definition) is 1. The first-order valence-corrected chi connectivity index (χ1v) is 14.1. The molecule has 8 nitrogen and oxygen atoms in total. The van der Waals surface area contributed by atoms with Crippen molar-refractivity contribution >= 4 is 24.0 Å². The lowest BCUT2D eigenvalue weighted by molar-refractivity contribution is -0.327. The van der Waals surface area contributed by atoms with Crippen molar-refractivity contribution in [1.82, 2.24) is 0 Å². The maximum Gasteiger partial charge on any atom is 0.338 e. The van der Waals surface area contributed by atoms with Crippen LogP contribution in [0.15, 0.2) is 66.7 Å². The molecule has 7 atom stereocenters. The number of benzene rings is 2. The lowest BCUT2D eigenvalue weighted by Gasteiger charge is -2.64. The monoisotopic (exact) mass is 562 g/mol. The molecule has 0 amide bonds. The van der Waals surface area contributed by atoms with Crippen LogP contribution in [0.5, 0.6) is 0 Å². The Labute approximate surface area is 240 Å². The standard InChI is InChI=1S/C33H38O8/c1-21(34)38-28-24-20-26(40-29(36)23-14-10-7-11-15-23)32(5)25(39-27(35)17-16-22-12-8-6-9-13-22)18-19-31(4,37)33(28,32)41-30(24,2)3/h6-17,24-26,28,37H,18-20H2,1-5H3. The fraction of sp³-hybridized carbons (Fsp3) is 0.485. The van der Waals surface area contributed by atoms with Crippen molar-refractivity contribution in [1.29, 1.82) is 0 Å². The molecule has 1 spiro atoms. The number of fused-ring (bicyclic) bond motifs is 1. The highest BCUT2D eigenvalue weighted by Crippen LogP contribution is 2.68. The van der Waals surface area contributed by atoms with Gasteiger partial charge in [0.2, 0.25) is 0 Å². The van der Waals surface area contributed by atoms with Gasteiger partial charge in [-0.15, -0.1) is 0 Å². The quantitative estimate of drug-likeness (QED) is 0.301. The molecule has 7 unspecified atom stereocenters. The molecule has 0 radical (unpaired) electrons. The second-order valence-electron chi connectivity index (χ2n) is 12.3. The highest BCUT2D eigenvalue weighted by atomic mass is 16.6. The lowest BCUT2D eigenvalue weighted by Crippen LogP contribution is -2.79. The SMILES string of the molecule is CC(=O)OC1C2CC(OC(=O)c3ccccc3)C3(C)C(OC(=O)C=Cc4ccccc4)CCC(C)(O)C13OC2(C)C. The molecule has 2 saturated carbocycles. The third kappa shape index (κ3) is 4.77. The number of hydrogen-bond acceptors (Lipinski definition) is 8. The maximum atomic E-state index is 13.4. The van der Waals surface area contributed by atoms with Crippen LogP contribution < -0.4 is 0 Å². The fourth-order valence-electron chi connectivity index (χ4n) is 7.45. The van der Waals surface area contributed by atoms with Gasteiger partial charge in [0.1, 0.15) is 23.9 Å². The van der Waals surface area contributed by atoms with Crippen molar-refractivity contribution in [2.45, 2.75) is 89.0 Å². The Morgan fingerprint density at radius 3 is 2.17 bits per heavy atom. The van der Waals surface area contributed by atoms with E-state index < -0.39 is 64.4 Å². The van der Waals surface area contributed by atoms with Crippen molar-refractivity contribution in [3.8, 4) is 0 Å². The Morgan fingerprint density at radius 1 is 0.902 bits per heavy atom. The van der Waals surface area contributed by atoms with E-state index in [0.717, 1.165) is 5.56 Å². The zero-order chi connectivity index (χ0) is 29.6. The van der Waals surface area contributed by atoms with Crippen LogP contribution in [0.3, 0.4) is 0 Å². The predicted molar refractivity (Wildman–Crippen MR) is 151 cm³/mol. The molecule has 8 heteroatoms. The molecule has 2 aromatic carbocycles. The molecule has 3 aliphatic rings. The van der Waals surface area contributed by atoms with E-state index in [0.29, 0.717) is 5.56 Å². The largest absolute Gasteiger partial charge is 0.459 e. The summed E-state index contributed by atoms with van der Waals surface area (Å²) >= 11 is 0. The fourth-order valence-corrected chi connectivity index (χ4v) is 7.45. The lowest BCUT2D eigenvalue weighted by atomic mass is 9.47. The van der Waals surface area contributed by atoms with E-state index in [1.807, 2.05) is 57.2 Å². The summed E-state index contributed by atoms with van der Waals surface area (Å²) in [6.45, 7) is 8.58. The summed E-state index contributed by atoms with van der Waals surface area (Å²) in [5.41, 5.74) is -3.95. The Balaban J connectivity index is 1.58. The highest BCUT2D eigenvalue weighted by molar-refractivity contribution is 5.89. The van der Waals surface area contributed by atoms with Crippen LogP contribution >= 0.6 is 0 Å². The topological polar surface area (TPSA) is 108 Å². The predicted octanol–water partition coefficient (Wildman–Crippen LogP) is 4.89. The van der Waals surface area contributed by atoms with E-state index in [4.69, 9.17) is 18.9 Å². The molecule has 1 N–H and O–H groups in total. The minimum atomic E-state index is -1.54. The normalized spacial score (nSPS) is 35.4.